The highest BCUT2D eigenvalue weighted by Crippen LogP contribution is 2.29. The quantitative estimate of drug-likeness (QED) is 0.263. The maximum Gasteiger partial charge on any atom is 0.242 e. The summed E-state index contributed by atoms with van der Waals surface area (Å²) in [6, 6.07) is 33.4. The van der Waals surface area contributed by atoms with Gasteiger partial charge in [0.1, 0.15) is 0 Å². The third kappa shape index (κ3) is 5.31. The lowest BCUT2D eigenvalue weighted by Crippen LogP contribution is -2.27. The molecule has 0 fully saturated rings. The van der Waals surface area contributed by atoms with Crippen LogP contribution in [0.4, 0.5) is 11.4 Å². The Labute approximate surface area is 208 Å². The Morgan fingerprint density at radius 2 is 1.40 bits per heavy atom. The van der Waals surface area contributed by atoms with Gasteiger partial charge in [0.05, 0.1) is 12.3 Å². The molecule has 0 radical (unpaired) electrons. The summed E-state index contributed by atoms with van der Waals surface area (Å²) in [4.78, 5) is 19.5. The van der Waals surface area contributed by atoms with Crippen LogP contribution >= 0.6 is 11.8 Å². The van der Waals surface area contributed by atoms with E-state index in [1.165, 1.54) is 11.8 Å². The fraction of sp³-hybridized carbons (Fsp3) is 0.0714. The highest BCUT2D eigenvalue weighted by atomic mass is 32.2. The summed E-state index contributed by atoms with van der Waals surface area (Å²) in [5.74, 6) is 0.897. The molecule has 0 aliphatic rings. The summed E-state index contributed by atoms with van der Waals surface area (Å²) < 4.78 is 2.04. The van der Waals surface area contributed by atoms with E-state index in [-0.39, 0.29) is 11.7 Å². The van der Waals surface area contributed by atoms with Crippen molar-refractivity contribution in [3.63, 3.8) is 0 Å². The predicted molar refractivity (Wildman–Crippen MR) is 140 cm³/mol. The lowest BCUT2D eigenvalue weighted by atomic mass is 10.2. The molecule has 2 heterocycles. The minimum absolute atomic E-state index is 0.0374. The Morgan fingerprint density at radius 3 is 2.00 bits per heavy atom. The molecule has 0 aliphatic heterocycles. The molecule has 0 aliphatic carbocycles. The molecule has 0 saturated heterocycles. The molecule has 7 heteroatoms. The number of nitrogens with zero attached hydrogens (tertiary/aromatic N) is 5. The van der Waals surface area contributed by atoms with Crippen molar-refractivity contribution in [2.75, 3.05) is 10.7 Å². The van der Waals surface area contributed by atoms with Crippen LogP contribution in [0.3, 0.4) is 0 Å². The van der Waals surface area contributed by atoms with E-state index in [4.69, 9.17) is 0 Å². The SMILES string of the molecule is O=C(CSc1nnc(-c2cccnc2)n1Cc1ccccc1)N(c1ccccc1)c1ccccc1. The van der Waals surface area contributed by atoms with Crippen LogP contribution in [0.5, 0.6) is 0 Å². The minimum Gasteiger partial charge on any atom is -0.297 e. The number of carbonyl (C=O) groups excluding carboxylic acids is 1. The predicted octanol–water partition coefficient (Wildman–Crippen LogP) is 5.85. The number of aromatic nitrogens is 4. The van der Waals surface area contributed by atoms with Gasteiger partial charge in [0.2, 0.25) is 5.91 Å². The molecule has 0 bridgehead atoms. The Kier molecular flexibility index (Phi) is 6.96. The fourth-order valence-corrected chi connectivity index (χ4v) is 4.58. The lowest BCUT2D eigenvalue weighted by molar-refractivity contribution is -0.115. The molecule has 5 aromatic rings. The first-order chi connectivity index (χ1) is 17.3. The van der Waals surface area contributed by atoms with Crippen LogP contribution in [0.25, 0.3) is 11.4 Å². The average Bonchev–Trinajstić information content (AvgIpc) is 3.32. The molecule has 5 rings (SSSR count). The van der Waals surface area contributed by atoms with Crippen molar-refractivity contribution >= 4 is 29.0 Å². The van der Waals surface area contributed by atoms with Gasteiger partial charge in [0, 0.05) is 29.3 Å². The zero-order chi connectivity index (χ0) is 23.9. The smallest absolute Gasteiger partial charge is 0.242 e. The summed E-state index contributed by atoms with van der Waals surface area (Å²) in [5.41, 5.74) is 3.65. The number of thioether (sulfide) groups is 1. The zero-order valence-electron chi connectivity index (χ0n) is 18.9. The number of para-hydroxylation sites is 2. The van der Waals surface area contributed by atoms with Crippen LogP contribution < -0.4 is 4.90 Å². The first-order valence-electron chi connectivity index (χ1n) is 11.2. The van der Waals surface area contributed by atoms with Crippen molar-refractivity contribution < 1.29 is 4.79 Å². The number of hydrogen-bond donors (Lipinski definition) is 0. The van der Waals surface area contributed by atoms with Crippen molar-refractivity contribution in [3.8, 4) is 11.4 Å². The number of carbonyl (C=O) groups is 1. The maximum absolute atomic E-state index is 13.5. The first-order valence-corrected chi connectivity index (χ1v) is 12.2. The van der Waals surface area contributed by atoms with Gasteiger partial charge in [-0.1, -0.05) is 78.5 Å². The normalized spacial score (nSPS) is 10.7. The molecule has 0 spiro atoms. The summed E-state index contributed by atoms with van der Waals surface area (Å²) in [7, 11) is 0. The van der Waals surface area contributed by atoms with E-state index in [1.54, 1.807) is 17.3 Å². The minimum atomic E-state index is -0.0374. The molecule has 2 aromatic heterocycles. The van der Waals surface area contributed by atoms with E-state index >= 15 is 0 Å². The van der Waals surface area contributed by atoms with Crippen molar-refractivity contribution in [3.05, 3.63) is 121 Å². The van der Waals surface area contributed by atoms with Crippen LogP contribution in [0.1, 0.15) is 5.56 Å². The van der Waals surface area contributed by atoms with E-state index in [2.05, 4.69) is 27.3 Å². The van der Waals surface area contributed by atoms with Crippen molar-refractivity contribution in [1.82, 2.24) is 19.7 Å². The second-order valence-electron chi connectivity index (χ2n) is 7.81. The van der Waals surface area contributed by atoms with Crippen LogP contribution in [0.15, 0.2) is 121 Å². The Hall–Kier alpha value is -4.23. The van der Waals surface area contributed by atoms with E-state index in [1.807, 2.05) is 95.6 Å². The number of pyridine rings is 1. The standard InChI is InChI=1S/C28H23N5OS/c34-26(33(24-14-6-2-7-15-24)25-16-8-3-9-17-25)21-35-28-31-30-27(23-13-10-18-29-19-23)32(28)20-22-11-4-1-5-12-22/h1-19H,20-21H2. The zero-order valence-corrected chi connectivity index (χ0v) is 19.8. The van der Waals surface area contributed by atoms with Crippen LogP contribution in [0, 0.1) is 0 Å². The van der Waals surface area contributed by atoms with E-state index < -0.39 is 0 Å². The van der Waals surface area contributed by atoms with Gasteiger partial charge in [-0.25, -0.2) is 0 Å². The Morgan fingerprint density at radius 1 is 0.771 bits per heavy atom. The molecule has 0 atom stereocenters. The molecular weight excluding hydrogens is 454 g/mol. The second kappa shape index (κ2) is 10.8. The third-order valence-corrected chi connectivity index (χ3v) is 6.37. The summed E-state index contributed by atoms with van der Waals surface area (Å²) in [5, 5.41) is 9.57. The summed E-state index contributed by atoms with van der Waals surface area (Å²) in [6.45, 7) is 0.593. The monoisotopic (exact) mass is 477 g/mol. The van der Waals surface area contributed by atoms with Gasteiger partial charge in [-0.3, -0.25) is 19.2 Å². The largest absolute Gasteiger partial charge is 0.297 e. The summed E-state index contributed by atoms with van der Waals surface area (Å²) in [6.07, 6.45) is 3.51. The average molecular weight is 478 g/mol. The van der Waals surface area contributed by atoms with Crippen molar-refractivity contribution in [2.45, 2.75) is 11.7 Å². The highest BCUT2D eigenvalue weighted by Gasteiger charge is 2.21. The fourth-order valence-electron chi connectivity index (χ4n) is 3.79. The second-order valence-corrected chi connectivity index (χ2v) is 8.75. The molecule has 1 amide bonds. The number of benzene rings is 3. The van der Waals surface area contributed by atoms with Gasteiger partial charge in [-0.15, -0.1) is 10.2 Å². The topological polar surface area (TPSA) is 63.9 Å². The molecule has 0 unspecified atom stereocenters. The van der Waals surface area contributed by atoms with Crippen molar-refractivity contribution in [2.24, 2.45) is 0 Å². The molecule has 35 heavy (non-hydrogen) atoms. The molecule has 0 saturated carbocycles. The summed E-state index contributed by atoms with van der Waals surface area (Å²) >= 11 is 1.39. The van der Waals surface area contributed by atoms with E-state index in [0.29, 0.717) is 11.7 Å². The van der Waals surface area contributed by atoms with Crippen LogP contribution in [0.2, 0.25) is 0 Å². The molecule has 6 nitrogen and oxygen atoms in total. The van der Waals surface area contributed by atoms with Gasteiger partial charge in [0.15, 0.2) is 11.0 Å². The highest BCUT2D eigenvalue weighted by molar-refractivity contribution is 7.99. The van der Waals surface area contributed by atoms with Gasteiger partial charge in [0.25, 0.3) is 0 Å². The molecular formula is C28H23N5OS. The number of hydrogen-bond acceptors (Lipinski definition) is 5. The van der Waals surface area contributed by atoms with Crippen LogP contribution in [-0.2, 0) is 11.3 Å². The molecule has 0 N–H and O–H groups in total. The molecule has 172 valence electrons. The third-order valence-electron chi connectivity index (χ3n) is 5.42. The maximum atomic E-state index is 13.5. The van der Waals surface area contributed by atoms with Crippen molar-refractivity contribution in [1.29, 1.82) is 0 Å². The Balaban J connectivity index is 1.43. The van der Waals surface area contributed by atoms with E-state index in [0.717, 1.165) is 28.3 Å². The lowest BCUT2D eigenvalue weighted by Gasteiger charge is -2.23. The van der Waals surface area contributed by atoms with Gasteiger partial charge >= 0.3 is 0 Å². The van der Waals surface area contributed by atoms with Gasteiger partial charge < -0.3 is 0 Å². The molecule has 3 aromatic carbocycles. The van der Waals surface area contributed by atoms with Crippen LogP contribution in [-0.4, -0.2) is 31.4 Å². The van der Waals surface area contributed by atoms with Gasteiger partial charge in [-0.2, -0.15) is 0 Å². The van der Waals surface area contributed by atoms with Gasteiger partial charge in [-0.05, 0) is 42.0 Å². The van der Waals surface area contributed by atoms with E-state index in [9.17, 15) is 4.79 Å². The number of amides is 1. The number of rotatable bonds is 8. The first kappa shape index (κ1) is 22.6. The number of anilines is 2. The Bertz CT molecular complexity index is 1340.